The molecule has 1 heterocycles. The Morgan fingerprint density at radius 1 is 1.07 bits per heavy atom. The zero-order valence-corrected chi connectivity index (χ0v) is 16.8. The third kappa shape index (κ3) is 3.98. The number of aromatic nitrogens is 2. The first-order chi connectivity index (χ1) is 13.6. The average Bonchev–Trinajstić information content (AvgIpc) is 2.73. The highest BCUT2D eigenvalue weighted by Crippen LogP contribution is 2.23. The molecule has 3 rings (SSSR count). The molecule has 5 nitrogen and oxygen atoms in total. The van der Waals surface area contributed by atoms with Gasteiger partial charge in [-0.3, -0.25) is 14.2 Å². The Kier molecular flexibility index (Phi) is 6.24. The van der Waals surface area contributed by atoms with Gasteiger partial charge in [-0.15, -0.1) is 0 Å². The maximum Gasteiger partial charge on any atom is 0.261 e. The largest absolute Gasteiger partial charge is 0.336 e. The van der Waals surface area contributed by atoms with Gasteiger partial charge >= 0.3 is 0 Å². The Morgan fingerprint density at radius 2 is 1.75 bits per heavy atom. The van der Waals surface area contributed by atoms with E-state index >= 15 is 0 Å². The van der Waals surface area contributed by atoms with Crippen LogP contribution < -0.4 is 5.56 Å². The molecule has 0 aliphatic rings. The summed E-state index contributed by atoms with van der Waals surface area (Å²) in [5.74, 6) is 0.713. The highest BCUT2D eigenvalue weighted by atomic mass is 16.2. The van der Waals surface area contributed by atoms with Crippen molar-refractivity contribution < 1.29 is 4.79 Å². The number of rotatable bonds is 7. The molecule has 0 spiro atoms. The molecule has 1 atom stereocenters. The summed E-state index contributed by atoms with van der Waals surface area (Å²) in [4.78, 5) is 32.3. The van der Waals surface area contributed by atoms with Crippen molar-refractivity contribution in [2.75, 3.05) is 7.05 Å². The van der Waals surface area contributed by atoms with Crippen molar-refractivity contribution in [3.8, 4) is 0 Å². The van der Waals surface area contributed by atoms with Crippen molar-refractivity contribution in [2.24, 2.45) is 0 Å². The monoisotopic (exact) mass is 377 g/mol. The van der Waals surface area contributed by atoms with E-state index in [-0.39, 0.29) is 17.5 Å². The number of nitrogens with zero attached hydrogens (tertiary/aromatic N) is 3. The molecule has 0 bridgehead atoms. The van der Waals surface area contributed by atoms with E-state index in [0.29, 0.717) is 42.5 Å². The molecule has 2 aromatic carbocycles. The summed E-state index contributed by atoms with van der Waals surface area (Å²) in [6.07, 6.45) is 1.82. The van der Waals surface area contributed by atoms with Gasteiger partial charge in [0, 0.05) is 20.0 Å². The van der Waals surface area contributed by atoms with Gasteiger partial charge in [0.25, 0.3) is 5.56 Å². The van der Waals surface area contributed by atoms with Crippen LogP contribution in [0.5, 0.6) is 0 Å². The average molecular weight is 377 g/mol. The van der Waals surface area contributed by atoms with E-state index in [4.69, 9.17) is 4.98 Å². The van der Waals surface area contributed by atoms with Gasteiger partial charge in [0.05, 0.1) is 16.9 Å². The molecule has 0 radical (unpaired) electrons. The van der Waals surface area contributed by atoms with Crippen LogP contribution in [0.3, 0.4) is 0 Å². The summed E-state index contributed by atoms with van der Waals surface area (Å²) in [7, 11) is 1.81. The molecule has 1 aromatic heterocycles. The van der Waals surface area contributed by atoms with Gasteiger partial charge in [0.1, 0.15) is 5.82 Å². The Balaban J connectivity index is 1.89. The van der Waals surface area contributed by atoms with Crippen LogP contribution in [-0.4, -0.2) is 27.4 Å². The van der Waals surface area contributed by atoms with Gasteiger partial charge < -0.3 is 4.90 Å². The molecule has 5 heteroatoms. The number of aryl methyl sites for hydroxylation is 1. The first-order valence-electron chi connectivity index (χ1n) is 9.85. The summed E-state index contributed by atoms with van der Waals surface area (Å²) < 4.78 is 1.69. The van der Waals surface area contributed by atoms with E-state index in [9.17, 15) is 9.59 Å². The van der Waals surface area contributed by atoms with Crippen LogP contribution in [0.1, 0.15) is 44.1 Å². The topological polar surface area (TPSA) is 55.2 Å². The maximum absolute atomic E-state index is 12.9. The quantitative estimate of drug-likeness (QED) is 0.626. The SMILES string of the molecule is CCC(c1nc2ccccc2c(=O)n1CC)N(C)C(=O)CCc1ccccc1. The summed E-state index contributed by atoms with van der Waals surface area (Å²) in [5, 5.41) is 0.612. The van der Waals surface area contributed by atoms with Crippen LogP contribution in [0.4, 0.5) is 0 Å². The lowest BCUT2D eigenvalue weighted by atomic mass is 10.1. The minimum absolute atomic E-state index is 0.0494. The second-order valence-corrected chi connectivity index (χ2v) is 6.95. The molecule has 0 N–H and O–H groups in total. The minimum atomic E-state index is -0.236. The molecule has 146 valence electrons. The maximum atomic E-state index is 12.9. The van der Waals surface area contributed by atoms with Crippen LogP contribution in [0.15, 0.2) is 59.4 Å². The molecule has 0 fully saturated rings. The van der Waals surface area contributed by atoms with Crippen LogP contribution in [0.2, 0.25) is 0 Å². The number of amides is 1. The summed E-state index contributed by atoms with van der Waals surface area (Å²) in [6.45, 7) is 4.48. The van der Waals surface area contributed by atoms with Crippen LogP contribution in [0.25, 0.3) is 10.9 Å². The number of carbonyl (C=O) groups excluding carboxylic acids is 1. The van der Waals surface area contributed by atoms with Gasteiger partial charge in [-0.2, -0.15) is 0 Å². The van der Waals surface area contributed by atoms with E-state index in [1.54, 1.807) is 15.5 Å². The van der Waals surface area contributed by atoms with E-state index in [0.717, 1.165) is 5.56 Å². The lowest BCUT2D eigenvalue weighted by Gasteiger charge is -2.29. The molecule has 3 aromatic rings. The van der Waals surface area contributed by atoms with E-state index in [1.807, 2.05) is 69.4 Å². The summed E-state index contributed by atoms with van der Waals surface area (Å²) in [5.41, 5.74) is 1.77. The second-order valence-electron chi connectivity index (χ2n) is 6.95. The fourth-order valence-corrected chi connectivity index (χ4v) is 3.62. The lowest BCUT2D eigenvalue weighted by Crippen LogP contribution is -2.36. The standard InChI is InChI=1S/C23H27N3O2/c1-4-20(25(3)21(27)16-15-17-11-7-6-8-12-17)22-24-19-14-10-9-13-18(19)23(28)26(22)5-2/h6-14,20H,4-5,15-16H2,1-3H3. The molecular formula is C23H27N3O2. The number of hydrogen-bond donors (Lipinski definition) is 0. The number of para-hydroxylation sites is 1. The Hall–Kier alpha value is -2.95. The first kappa shape index (κ1) is 19.8. The Labute approximate surface area is 165 Å². The van der Waals surface area contributed by atoms with Gasteiger partial charge in [0.2, 0.25) is 5.91 Å². The van der Waals surface area contributed by atoms with Crippen molar-refractivity contribution >= 4 is 16.8 Å². The molecule has 1 unspecified atom stereocenters. The van der Waals surface area contributed by atoms with Crippen molar-refractivity contribution in [1.29, 1.82) is 0 Å². The number of benzene rings is 2. The second kappa shape index (κ2) is 8.83. The van der Waals surface area contributed by atoms with E-state index < -0.39 is 0 Å². The lowest BCUT2D eigenvalue weighted by molar-refractivity contribution is -0.132. The van der Waals surface area contributed by atoms with Crippen LogP contribution in [0, 0.1) is 0 Å². The molecule has 0 saturated heterocycles. The number of hydrogen-bond acceptors (Lipinski definition) is 3. The van der Waals surface area contributed by atoms with Gasteiger partial charge in [-0.1, -0.05) is 49.4 Å². The predicted molar refractivity (Wildman–Crippen MR) is 112 cm³/mol. The highest BCUT2D eigenvalue weighted by Gasteiger charge is 2.25. The van der Waals surface area contributed by atoms with Crippen molar-refractivity contribution in [3.05, 3.63) is 76.3 Å². The van der Waals surface area contributed by atoms with Crippen LogP contribution >= 0.6 is 0 Å². The van der Waals surface area contributed by atoms with Crippen molar-refractivity contribution in [3.63, 3.8) is 0 Å². The number of carbonyl (C=O) groups is 1. The summed E-state index contributed by atoms with van der Waals surface area (Å²) >= 11 is 0. The normalized spacial score (nSPS) is 12.1. The molecule has 0 aliphatic heterocycles. The highest BCUT2D eigenvalue weighted by molar-refractivity contribution is 5.78. The minimum Gasteiger partial charge on any atom is -0.336 e. The van der Waals surface area contributed by atoms with Crippen molar-refractivity contribution in [1.82, 2.24) is 14.5 Å². The zero-order chi connectivity index (χ0) is 20.1. The Morgan fingerprint density at radius 3 is 2.43 bits per heavy atom. The number of fused-ring (bicyclic) bond motifs is 1. The zero-order valence-electron chi connectivity index (χ0n) is 16.8. The summed E-state index contributed by atoms with van der Waals surface area (Å²) in [6, 6.07) is 17.1. The molecule has 0 saturated carbocycles. The smallest absolute Gasteiger partial charge is 0.261 e. The fraction of sp³-hybridized carbons (Fsp3) is 0.348. The molecule has 1 amide bonds. The van der Waals surface area contributed by atoms with Gasteiger partial charge in [-0.05, 0) is 37.5 Å². The van der Waals surface area contributed by atoms with Crippen LogP contribution in [-0.2, 0) is 17.8 Å². The van der Waals surface area contributed by atoms with E-state index in [2.05, 4.69) is 0 Å². The fourth-order valence-electron chi connectivity index (χ4n) is 3.62. The van der Waals surface area contributed by atoms with Crippen molar-refractivity contribution in [2.45, 2.75) is 45.7 Å². The molecule has 0 aliphatic carbocycles. The predicted octanol–water partition coefficient (Wildman–Crippen LogP) is 3.96. The van der Waals surface area contributed by atoms with Gasteiger partial charge in [0.15, 0.2) is 0 Å². The molecule has 28 heavy (non-hydrogen) atoms. The van der Waals surface area contributed by atoms with Gasteiger partial charge in [-0.25, -0.2) is 4.98 Å². The Bertz CT molecular complexity index is 1010. The first-order valence-corrected chi connectivity index (χ1v) is 9.85. The third-order valence-corrected chi connectivity index (χ3v) is 5.22. The molecular weight excluding hydrogens is 350 g/mol. The third-order valence-electron chi connectivity index (χ3n) is 5.22. The van der Waals surface area contributed by atoms with E-state index in [1.165, 1.54) is 0 Å².